The minimum atomic E-state index is 0.239. The van der Waals surface area contributed by atoms with Gasteiger partial charge in [0.2, 0.25) is 0 Å². The van der Waals surface area contributed by atoms with Crippen molar-refractivity contribution in [3.63, 3.8) is 0 Å². The molecule has 1 atom stereocenters. The highest BCUT2D eigenvalue weighted by atomic mass is 15.2. The van der Waals surface area contributed by atoms with E-state index in [-0.39, 0.29) is 6.04 Å². The van der Waals surface area contributed by atoms with E-state index in [1.807, 2.05) is 7.05 Å². The van der Waals surface area contributed by atoms with Gasteiger partial charge < -0.3 is 20.4 Å². The van der Waals surface area contributed by atoms with Crippen molar-refractivity contribution < 1.29 is 0 Å². The molecule has 0 aliphatic carbocycles. The quantitative estimate of drug-likeness (QED) is 0.418. The van der Waals surface area contributed by atoms with Gasteiger partial charge in [0.15, 0.2) is 5.96 Å². The molecule has 1 unspecified atom stereocenters. The molecular formula is C22H37N5. The highest BCUT2D eigenvalue weighted by molar-refractivity contribution is 5.80. The molecule has 2 heterocycles. The fourth-order valence-corrected chi connectivity index (χ4v) is 4.12. The largest absolute Gasteiger partial charge is 0.372 e. The Bertz CT molecular complexity index is 588. The number of guanidine groups is 1. The number of nitrogens with one attached hydrogen (secondary N) is 2. The van der Waals surface area contributed by atoms with E-state index >= 15 is 0 Å². The Hall–Kier alpha value is -1.75. The van der Waals surface area contributed by atoms with E-state index in [1.165, 1.54) is 82.5 Å². The van der Waals surface area contributed by atoms with Crippen LogP contribution < -0.4 is 15.5 Å². The molecule has 150 valence electrons. The molecular weight excluding hydrogens is 334 g/mol. The Morgan fingerprint density at radius 1 is 1.07 bits per heavy atom. The van der Waals surface area contributed by atoms with E-state index in [4.69, 9.17) is 0 Å². The van der Waals surface area contributed by atoms with Crippen LogP contribution in [-0.4, -0.2) is 57.2 Å². The predicted octanol–water partition coefficient (Wildman–Crippen LogP) is 3.39. The Balaban J connectivity index is 1.41. The highest BCUT2D eigenvalue weighted by Gasteiger charge is 2.14. The number of aliphatic imine (C=N–C) groups is 1. The van der Waals surface area contributed by atoms with Crippen molar-refractivity contribution in [3.05, 3.63) is 29.8 Å². The zero-order chi connectivity index (χ0) is 18.9. The first-order chi connectivity index (χ1) is 13.3. The molecule has 0 spiro atoms. The van der Waals surface area contributed by atoms with Gasteiger partial charge >= 0.3 is 0 Å². The summed E-state index contributed by atoms with van der Waals surface area (Å²) in [6, 6.07) is 9.18. The predicted molar refractivity (Wildman–Crippen MR) is 116 cm³/mol. The highest BCUT2D eigenvalue weighted by Crippen LogP contribution is 2.23. The van der Waals surface area contributed by atoms with Crippen LogP contribution >= 0.6 is 0 Å². The molecule has 0 radical (unpaired) electrons. The summed E-state index contributed by atoms with van der Waals surface area (Å²) < 4.78 is 0. The third kappa shape index (κ3) is 6.13. The summed E-state index contributed by atoms with van der Waals surface area (Å²) in [6.45, 7) is 9.40. The second kappa shape index (κ2) is 10.5. The summed E-state index contributed by atoms with van der Waals surface area (Å²) in [5.41, 5.74) is 2.67. The average Bonchev–Trinajstić information content (AvgIpc) is 3.41. The first-order valence-corrected chi connectivity index (χ1v) is 10.8. The van der Waals surface area contributed by atoms with Crippen LogP contribution in [0.2, 0.25) is 0 Å². The number of anilines is 1. The summed E-state index contributed by atoms with van der Waals surface area (Å²) in [5, 5.41) is 7.02. The van der Waals surface area contributed by atoms with E-state index in [2.05, 4.69) is 56.6 Å². The summed E-state index contributed by atoms with van der Waals surface area (Å²) in [6.07, 6.45) is 7.84. The van der Waals surface area contributed by atoms with Crippen LogP contribution in [0.15, 0.2) is 29.3 Å². The van der Waals surface area contributed by atoms with Gasteiger partial charge in [-0.05, 0) is 82.8 Å². The monoisotopic (exact) mass is 371 g/mol. The minimum Gasteiger partial charge on any atom is -0.372 e. The maximum atomic E-state index is 4.40. The smallest absolute Gasteiger partial charge is 0.191 e. The summed E-state index contributed by atoms with van der Waals surface area (Å²) in [7, 11) is 1.85. The Kier molecular flexibility index (Phi) is 7.81. The van der Waals surface area contributed by atoms with Crippen molar-refractivity contribution >= 4 is 11.6 Å². The lowest BCUT2D eigenvalue weighted by Gasteiger charge is -2.22. The van der Waals surface area contributed by atoms with Gasteiger partial charge in [-0.25, -0.2) is 0 Å². The zero-order valence-electron chi connectivity index (χ0n) is 17.2. The first kappa shape index (κ1) is 20.0. The molecule has 2 aliphatic heterocycles. The number of hydrogen-bond acceptors (Lipinski definition) is 3. The second-order valence-corrected chi connectivity index (χ2v) is 7.91. The van der Waals surface area contributed by atoms with Crippen molar-refractivity contribution in [3.8, 4) is 0 Å². The summed E-state index contributed by atoms with van der Waals surface area (Å²) in [4.78, 5) is 9.48. The number of hydrogen-bond donors (Lipinski definition) is 2. The number of likely N-dealkylation sites (tertiary alicyclic amines) is 1. The molecule has 5 heteroatoms. The van der Waals surface area contributed by atoms with Crippen molar-refractivity contribution in [1.82, 2.24) is 15.5 Å². The molecule has 5 nitrogen and oxygen atoms in total. The van der Waals surface area contributed by atoms with Crippen LogP contribution in [0.25, 0.3) is 0 Å². The maximum Gasteiger partial charge on any atom is 0.191 e. The normalized spacial score (nSPS) is 19.5. The Morgan fingerprint density at radius 2 is 1.81 bits per heavy atom. The van der Waals surface area contributed by atoms with Crippen molar-refractivity contribution in [2.75, 3.05) is 51.2 Å². The standard InChI is InChI=1S/C22H37N5/c1-19(20-10-9-11-21(18-20)27-16-7-8-17-27)25-22(23-2)24-12-3-4-13-26-14-5-6-15-26/h9-11,18-19H,3-8,12-17H2,1-2H3,(H2,23,24,25). The molecule has 3 rings (SSSR count). The van der Waals surface area contributed by atoms with Gasteiger partial charge in [0.05, 0.1) is 6.04 Å². The van der Waals surface area contributed by atoms with Gasteiger partial charge in [-0.15, -0.1) is 0 Å². The number of nitrogens with zero attached hydrogens (tertiary/aromatic N) is 3. The van der Waals surface area contributed by atoms with Gasteiger partial charge in [0.25, 0.3) is 0 Å². The third-order valence-corrected chi connectivity index (χ3v) is 5.81. The van der Waals surface area contributed by atoms with Crippen LogP contribution in [0.3, 0.4) is 0 Å². The fraction of sp³-hybridized carbons (Fsp3) is 0.682. The molecule has 27 heavy (non-hydrogen) atoms. The second-order valence-electron chi connectivity index (χ2n) is 7.91. The van der Waals surface area contributed by atoms with Crippen LogP contribution in [0, 0.1) is 0 Å². The lowest BCUT2D eigenvalue weighted by Crippen LogP contribution is -2.39. The van der Waals surface area contributed by atoms with E-state index < -0.39 is 0 Å². The lowest BCUT2D eigenvalue weighted by molar-refractivity contribution is 0.330. The van der Waals surface area contributed by atoms with Crippen LogP contribution in [-0.2, 0) is 0 Å². The van der Waals surface area contributed by atoms with Gasteiger partial charge in [0.1, 0.15) is 0 Å². The van der Waals surface area contributed by atoms with Crippen LogP contribution in [0.1, 0.15) is 57.1 Å². The first-order valence-electron chi connectivity index (χ1n) is 10.8. The number of rotatable bonds is 8. The lowest BCUT2D eigenvalue weighted by atomic mass is 10.1. The number of benzene rings is 1. The SMILES string of the molecule is CN=C(NCCCCN1CCCC1)NC(C)c1cccc(N2CCCC2)c1. The van der Waals surface area contributed by atoms with Gasteiger partial charge in [-0.3, -0.25) is 4.99 Å². The van der Waals surface area contributed by atoms with Gasteiger partial charge in [-0.2, -0.15) is 0 Å². The van der Waals surface area contributed by atoms with Gasteiger partial charge in [0, 0.05) is 32.4 Å². The zero-order valence-corrected chi connectivity index (χ0v) is 17.2. The van der Waals surface area contributed by atoms with E-state index in [0.717, 1.165) is 12.5 Å². The molecule has 0 bridgehead atoms. The van der Waals surface area contributed by atoms with Crippen molar-refractivity contribution in [2.24, 2.45) is 4.99 Å². The van der Waals surface area contributed by atoms with Gasteiger partial charge in [-0.1, -0.05) is 12.1 Å². The Labute approximate surface area is 165 Å². The van der Waals surface area contributed by atoms with Crippen LogP contribution in [0.4, 0.5) is 5.69 Å². The average molecular weight is 372 g/mol. The molecule has 0 aromatic heterocycles. The molecule has 1 aromatic carbocycles. The fourth-order valence-electron chi connectivity index (χ4n) is 4.12. The molecule has 0 saturated carbocycles. The molecule has 2 aliphatic rings. The van der Waals surface area contributed by atoms with E-state index in [0.29, 0.717) is 0 Å². The summed E-state index contributed by atoms with van der Waals surface area (Å²) >= 11 is 0. The molecule has 2 saturated heterocycles. The topological polar surface area (TPSA) is 42.9 Å². The molecule has 1 aromatic rings. The number of unbranched alkanes of at least 4 members (excludes halogenated alkanes) is 1. The van der Waals surface area contributed by atoms with Crippen LogP contribution in [0.5, 0.6) is 0 Å². The van der Waals surface area contributed by atoms with Crippen molar-refractivity contribution in [2.45, 2.75) is 51.5 Å². The summed E-state index contributed by atoms with van der Waals surface area (Å²) in [5.74, 6) is 0.898. The minimum absolute atomic E-state index is 0.239. The molecule has 0 amide bonds. The third-order valence-electron chi connectivity index (χ3n) is 5.81. The Morgan fingerprint density at radius 3 is 2.56 bits per heavy atom. The van der Waals surface area contributed by atoms with E-state index in [1.54, 1.807) is 0 Å². The maximum absolute atomic E-state index is 4.40. The van der Waals surface area contributed by atoms with Crippen molar-refractivity contribution in [1.29, 1.82) is 0 Å². The van der Waals surface area contributed by atoms with E-state index in [9.17, 15) is 0 Å². The molecule has 2 fully saturated rings. The molecule has 2 N–H and O–H groups in total.